The molecule has 0 amide bonds. The summed E-state index contributed by atoms with van der Waals surface area (Å²) in [5.74, 6) is 1.00. The Morgan fingerprint density at radius 2 is 1.82 bits per heavy atom. The Balaban J connectivity index is 1.19. The van der Waals surface area contributed by atoms with Crippen LogP contribution in [0.5, 0.6) is 0 Å². The van der Waals surface area contributed by atoms with Crippen LogP contribution in [0.25, 0.3) is 11.0 Å². The quantitative estimate of drug-likeness (QED) is 0.213. The summed E-state index contributed by atoms with van der Waals surface area (Å²) >= 11 is 1.79. The van der Waals surface area contributed by atoms with E-state index in [1.54, 1.807) is 11.3 Å². The Labute approximate surface area is 234 Å². The second-order valence-electron chi connectivity index (χ2n) is 10.7. The van der Waals surface area contributed by atoms with Crippen LogP contribution in [-0.4, -0.2) is 24.8 Å². The van der Waals surface area contributed by atoms with Crippen molar-refractivity contribution in [3.8, 4) is 0 Å². The van der Waals surface area contributed by atoms with Crippen LogP contribution in [0.3, 0.4) is 0 Å². The molecule has 7 heteroatoms. The van der Waals surface area contributed by atoms with Gasteiger partial charge in [0.25, 0.3) is 0 Å². The van der Waals surface area contributed by atoms with E-state index >= 15 is 0 Å². The number of nitrogens with zero attached hydrogens (tertiary/aromatic N) is 4. The van der Waals surface area contributed by atoms with Gasteiger partial charge < -0.3 is 10.3 Å². The van der Waals surface area contributed by atoms with Crippen molar-refractivity contribution < 1.29 is 0 Å². The van der Waals surface area contributed by atoms with Gasteiger partial charge in [-0.15, -0.1) is 11.3 Å². The van der Waals surface area contributed by atoms with Gasteiger partial charge in [-0.25, -0.2) is 9.97 Å². The summed E-state index contributed by atoms with van der Waals surface area (Å²) < 4.78 is 0. The van der Waals surface area contributed by atoms with E-state index in [0.29, 0.717) is 0 Å². The van der Waals surface area contributed by atoms with E-state index in [0.717, 1.165) is 60.0 Å². The highest BCUT2D eigenvalue weighted by atomic mass is 32.1. The maximum Gasteiger partial charge on any atom is 0.121 e. The fourth-order valence-corrected chi connectivity index (χ4v) is 6.75. The lowest BCUT2D eigenvalue weighted by Gasteiger charge is -2.34. The van der Waals surface area contributed by atoms with Crippen molar-refractivity contribution >= 4 is 22.4 Å². The molecule has 1 aliphatic carbocycles. The Hall–Kier alpha value is -3.39. The molecule has 0 bridgehead atoms. The molecule has 39 heavy (non-hydrogen) atoms. The summed E-state index contributed by atoms with van der Waals surface area (Å²) in [6, 6.07) is 22.2. The van der Waals surface area contributed by atoms with E-state index in [1.807, 2.05) is 12.3 Å². The van der Waals surface area contributed by atoms with Crippen molar-refractivity contribution in [1.29, 1.82) is 0 Å². The van der Waals surface area contributed by atoms with Crippen LogP contribution >= 0.6 is 11.3 Å². The lowest BCUT2D eigenvalue weighted by Crippen LogP contribution is -2.31. The number of H-pyrrole nitrogens is 1. The number of benzene rings is 2. The number of fused-ring (bicyclic) bond motifs is 2. The van der Waals surface area contributed by atoms with Crippen molar-refractivity contribution in [2.45, 2.75) is 71.8 Å². The van der Waals surface area contributed by atoms with E-state index in [-0.39, 0.29) is 12.1 Å². The summed E-state index contributed by atoms with van der Waals surface area (Å²) in [6.45, 7) is 8.83. The van der Waals surface area contributed by atoms with Crippen LogP contribution in [-0.2, 0) is 26.1 Å². The molecule has 2 atom stereocenters. The highest BCUT2D eigenvalue weighted by Crippen LogP contribution is 2.35. The van der Waals surface area contributed by atoms with Gasteiger partial charge in [0.15, 0.2) is 0 Å². The molecule has 0 aliphatic heterocycles. The van der Waals surface area contributed by atoms with Crippen molar-refractivity contribution in [3.05, 3.63) is 111 Å². The molecule has 3 heterocycles. The molecule has 1 aliphatic rings. The van der Waals surface area contributed by atoms with Crippen molar-refractivity contribution in [1.82, 2.24) is 30.2 Å². The number of nitrogens with one attached hydrogen (secondary N) is 2. The number of imidazole rings is 1. The lowest BCUT2D eigenvalue weighted by molar-refractivity contribution is 0.153. The minimum atomic E-state index is 0.274. The number of rotatable bonds is 9. The molecule has 0 radical (unpaired) electrons. The fourth-order valence-electron chi connectivity index (χ4n) is 5.80. The van der Waals surface area contributed by atoms with Crippen LogP contribution in [0.4, 0.5) is 0 Å². The largest absolute Gasteiger partial charge is 0.341 e. The summed E-state index contributed by atoms with van der Waals surface area (Å²) in [6.07, 6.45) is 5.34. The monoisotopic (exact) mass is 536 g/mol. The molecule has 2 N–H and O–H groups in total. The van der Waals surface area contributed by atoms with Crippen LogP contribution in [0, 0.1) is 13.8 Å². The average Bonchev–Trinajstić information content (AvgIpc) is 3.53. The third-order valence-corrected chi connectivity index (χ3v) is 9.01. The summed E-state index contributed by atoms with van der Waals surface area (Å²) in [5, 5.41) is 4.81. The van der Waals surface area contributed by atoms with E-state index in [9.17, 15) is 0 Å². The van der Waals surface area contributed by atoms with Gasteiger partial charge in [-0.1, -0.05) is 42.5 Å². The number of para-hydroxylation sites is 2. The van der Waals surface area contributed by atoms with Crippen LogP contribution in [0.15, 0.2) is 66.9 Å². The SMILES string of the molecule is Cc1nc(C)c(C(C)NCc2ccc(CN(Cc3nc4ccccc4[nH]3)C3CCCc4cccnc43)cc2)s1. The molecule has 200 valence electrons. The maximum absolute atomic E-state index is 4.90. The Kier molecular flexibility index (Phi) is 7.55. The van der Waals surface area contributed by atoms with Crippen molar-refractivity contribution in [3.63, 3.8) is 0 Å². The summed E-state index contributed by atoms with van der Waals surface area (Å²) in [4.78, 5) is 21.8. The standard InChI is InChI=1S/C32H36N6S/c1-21(32-22(2)35-23(3)39-32)34-18-24-13-15-25(16-14-24)19-38(20-30-36-27-10-4-5-11-28(27)37-30)29-12-6-8-26-9-7-17-33-31(26)29/h4-5,7,9-11,13-17,21,29,34H,6,8,12,18-20H2,1-3H3,(H,36,37). The third-order valence-electron chi connectivity index (χ3n) is 7.75. The normalized spacial score (nSPS) is 16.1. The topological polar surface area (TPSA) is 69.7 Å². The van der Waals surface area contributed by atoms with Gasteiger partial charge in [0.1, 0.15) is 5.82 Å². The van der Waals surface area contributed by atoms with Gasteiger partial charge in [-0.2, -0.15) is 0 Å². The van der Waals surface area contributed by atoms with Gasteiger partial charge in [-0.05, 0) is 74.9 Å². The molecular formula is C32H36N6S. The number of pyridine rings is 1. The number of hydrogen-bond donors (Lipinski definition) is 2. The molecule has 0 saturated carbocycles. The number of aromatic nitrogens is 4. The molecule has 6 nitrogen and oxygen atoms in total. The van der Waals surface area contributed by atoms with E-state index in [2.05, 4.69) is 95.6 Å². The smallest absolute Gasteiger partial charge is 0.121 e. The molecule has 3 aromatic heterocycles. The maximum atomic E-state index is 4.90. The Morgan fingerprint density at radius 1 is 1.00 bits per heavy atom. The first-order valence-electron chi connectivity index (χ1n) is 13.9. The van der Waals surface area contributed by atoms with Crippen LogP contribution < -0.4 is 5.32 Å². The minimum absolute atomic E-state index is 0.274. The average molecular weight is 537 g/mol. The predicted molar refractivity (Wildman–Crippen MR) is 159 cm³/mol. The van der Waals surface area contributed by atoms with E-state index < -0.39 is 0 Å². The van der Waals surface area contributed by atoms with Crippen LogP contribution in [0.2, 0.25) is 0 Å². The predicted octanol–water partition coefficient (Wildman–Crippen LogP) is 6.96. The van der Waals surface area contributed by atoms with Crippen LogP contribution in [0.1, 0.15) is 75.6 Å². The van der Waals surface area contributed by atoms with Gasteiger partial charge in [0, 0.05) is 30.2 Å². The molecule has 5 aromatic rings. The second kappa shape index (κ2) is 11.4. The molecule has 2 unspecified atom stereocenters. The first kappa shape index (κ1) is 25.9. The highest BCUT2D eigenvalue weighted by Gasteiger charge is 2.28. The van der Waals surface area contributed by atoms with E-state index in [4.69, 9.17) is 9.97 Å². The van der Waals surface area contributed by atoms with Gasteiger partial charge >= 0.3 is 0 Å². The number of thiazole rings is 1. The minimum Gasteiger partial charge on any atom is -0.341 e. The second-order valence-corrected chi connectivity index (χ2v) is 11.9. The number of aryl methyl sites for hydroxylation is 3. The molecular weight excluding hydrogens is 500 g/mol. The van der Waals surface area contributed by atoms with Gasteiger partial charge in [0.05, 0.1) is 40.0 Å². The van der Waals surface area contributed by atoms with Gasteiger partial charge in [-0.3, -0.25) is 9.88 Å². The molecule has 2 aromatic carbocycles. The fraction of sp³-hybridized carbons (Fsp3) is 0.344. The first-order valence-corrected chi connectivity index (χ1v) is 14.7. The van der Waals surface area contributed by atoms with Crippen molar-refractivity contribution in [2.24, 2.45) is 0 Å². The van der Waals surface area contributed by atoms with E-state index in [1.165, 1.54) is 33.7 Å². The molecule has 0 spiro atoms. The zero-order valence-electron chi connectivity index (χ0n) is 22.9. The van der Waals surface area contributed by atoms with Crippen molar-refractivity contribution in [2.75, 3.05) is 0 Å². The zero-order valence-corrected chi connectivity index (χ0v) is 23.8. The summed E-state index contributed by atoms with van der Waals surface area (Å²) in [7, 11) is 0. The Morgan fingerprint density at radius 3 is 2.62 bits per heavy atom. The lowest BCUT2D eigenvalue weighted by atomic mass is 9.90. The highest BCUT2D eigenvalue weighted by molar-refractivity contribution is 7.11. The molecule has 6 rings (SSSR count). The van der Waals surface area contributed by atoms with Gasteiger partial charge in [0.2, 0.25) is 0 Å². The Bertz CT molecular complexity index is 1520. The molecule has 0 saturated heterocycles. The number of aromatic amines is 1. The first-order chi connectivity index (χ1) is 19.0. The zero-order chi connectivity index (χ0) is 26.8. The molecule has 0 fully saturated rings. The summed E-state index contributed by atoms with van der Waals surface area (Å²) in [5.41, 5.74) is 8.44. The number of hydrogen-bond acceptors (Lipinski definition) is 6. The third kappa shape index (κ3) is 5.81.